The van der Waals surface area contributed by atoms with Crippen molar-refractivity contribution >= 4 is 11.9 Å². The Balaban J connectivity index is 3.84. The van der Waals surface area contributed by atoms with E-state index in [1.54, 1.807) is 6.92 Å². The molecule has 0 fully saturated rings. The molecule has 0 heterocycles. The van der Waals surface area contributed by atoms with Gasteiger partial charge in [0, 0.05) is 18.1 Å². The van der Waals surface area contributed by atoms with E-state index >= 15 is 0 Å². The van der Waals surface area contributed by atoms with Crippen molar-refractivity contribution in [3.63, 3.8) is 0 Å². The van der Waals surface area contributed by atoms with Crippen LogP contribution in [0.25, 0.3) is 0 Å². The summed E-state index contributed by atoms with van der Waals surface area (Å²) in [5.74, 6) is -1.49. The first-order chi connectivity index (χ1) is 7.51. The maximum Gasteiger partial charge on any atom is 0.330 e. The van der Waals surface area contributed by atoms with E-state index in [4.69, 9.17) is 4.74 Å². The number of carbonyl (C=O) groups is 2. The Morgan fingerprint density at radius 1 is 1.19 bits per heavy atom. The van der Waals surface area contributed by atoms with Gasteiger partial charge in [-0.2, -0.15) is 0 Å². The zero-order valence-corrected chi connectivity index (χ0v) is 9.22. The fourth-order valence-corrected chi connectivity index (χ4v) is 0.774. The van der Waals surface area contributed by atoms with Gasteiger partial charge in [0.1, 0.15) is 6.61 Å². The largest absolute Gasteiger partial charge is 0.462 e. The van der Waals surface area contributed by atoms with Crippen LogP contribution in [-0.4, -0.2) is 36.4 Å². The third-order valence-corrected chi connectivity index (χ3v) is 1.88. The molecule has 0 amide bonds. The van der Waals surface area contributed by atoms with E-state index in [0.29, 0.717) is 0 Å². The van der Waals surface area contributed by atoms with Crippen molar-refractivity contribution in [2.45, 2.75) is 13.0 Å². The predicted molar refractivity (Wildman–Crippen MR) is 57.5 cm³/mol. The number of ether oxygens (including phenoxy) is 2. The Labute approximate surface area is 94.4 Å². The van der Waals surface area contributed by atoms with Crippen LogP contribution in [0, 0.1) is 5.92 Å². The van der Waals surface area contributed by atoms with Crippen molar-refractivity contribution in [3.8, 4) is 0 Å². The SMILES string of the molecule is C=CC(=O)OCC(C)C(O)COC(=O)C=C. The molecular formula is C11H16O5. The fourth-order valence-electron chi connectivity index (χ4n) is 0.774. The zero-order chi connectivity index (χ0) is 12.6. The van der Waals surface area contributed by atoms with E-state index in [0.717, 1.165) is 12.2 Å². The second kappa shape index (κ2) is 7.64. The number of esters is 2. The molecule has 1 N–H and O–H groups in total. The minimum absolute atomic E-state index is 0.0393. The number of hydrogen-bond donors (Lipinski definition) is 1. The molecule has 0 rings (SSSR count). The highest BCUT2D eigenvalue weighted by Gasteiger charge is 2.17. The van der Waals surface area contributed by atoms with Crippen LogP contribution < -0.4 is 0 Å². The summed E-state index contributed by atoms with van der Waals surface area (Å²) in [6.45, 7) is 8.01. The van der Waals surface area contributed by atoms with Gasteiger partial charge >= 0.3 is 11.9 Å². The van der Waals surface area contributed by atoms with Crippen LogP contribution in [-0.2, 0) is 19.1 Å². The molecule has 5 heteroatoms. The van der Waals surface area contributed by atoms with E-state index in [9.17, 15) is 14.7 Å². The van der Waals surface area contributed by atoms with Crippen molar-refractivity contribution in [1.29, 1.82) is 0 Å². The van der Waals surface area contributed by atoms with Crippen LogP contribution in [0.5, 0.6) is 0 Å². The summed E-state index contributed by atoms with van der Waals surface area (Å²) < 4.78 is 9.37. The van der Waals surface area contributed by atoms with Gasteiger partial charge in [0.15, 0.2) is 0 Å². The predicted octanol–water partition coefficient (Wildman–Crippen LogP) is 0.442. The zero-order valence-electron chi connectivity index (χ0n) is 9.22. The fraction of sp³-hybridized carbons (Fsp3) is 0.455. The molecule has 2 unspecified atom stereocenters. The molecule has 0 aromatic carbocycles. The second-order valence-electron chi connectivity index (χ2n) is 3.21. The molecule has 0 aromatic rings. The van der Waals surface area contributed by atoms with E-state index in [2.05, 4.69) is 17.9 Å². The maximum absolute atomic E-state index is 10.7. The molecule has 0 saturated heterocycles. The van der Waals surface area contributed by atoms with Gasteiger partial charge in [-0.15, -0.1) is 0 Å². The molecule has 0 radical (unpaired) electrons. The van der Waals surface area contributed by atoms with Gasteiger partial charge < -0.3 is 14.6 Å². The maximum atomic E-state index is 10.7. The van der Waals surface area contributed by atoms with E-state index < -0.39 is 18.0 Å². The van der Waals surface area contributed by atoms with Gasteiger partial charge in [0.05, 0.1) is 12.7 Å². The highest BCUT2D eigenvalue weighted by atomic mass is 16.5. The lowest BCUT2D eigenvalue weighted by Gasteiger charge is -2.17. The van der Waals surface area contributed by atoms with Crippen LogP contribution in [0.15, 0.2) is 25.3 Å². The molecule has 0 bridgehead atoms. The van der Waals surface area contributed by atoms with Gasteiger partial charge in [-0.1, -0.05) is 20.1 Å². The molecule has 0 aromatic heterocycles. The van der Waals surface area contributed by atoms with Crippen LogP contribution in [0.3, 0.4) is 0 Å². The summed E-state index contributed by atoms with van der Waals surface area (Å²) in [7, 11) is 0. The first-order valence-corrected chi connectivity index (χ1v) is 4.77. The number of aliphatic hydroxyl groups excluding tert-OH is 1. The summed E-state index contributed by atoms with van der Waals surface area (Å²) in [6.07, 6.45) is 1.16. The quantitative estimate of drug-likeness (QED) is 0.505. The lowest BCUT2D eigenvalue weighted by atomic mass is 10.1. The highest BCUT2D eigenvalue weighted by Crippen LogP contribution is 2.04. The number of carbonyl (C=O) groups excluding carboxylic acids is 2. The molecule has 0 aliphatic carbocycles. The highest BCUT2D eigenvalue weighted by molar-refractivity contribution is 5.81. The molecule has 0 saturated carbocycles. The van der Waals surface area contributed by atoms with Crippen LogP contribution in [0.2, 0.25) is 0 Å². The standard InChI is InChI=1S/C11H16O5/c1-4-10(13)15-6-8(3)9(12)7-16-11(14)5-2/h4-5,8-9,12H,1-2,6-7H2,3H3. The van der Waals surface area contributed by atoms with Gasteiger partial charge in [-0.3, -0.25) is 0 Å². The third kappa shape index (κ3) is 5.98. The number of hydrogen-bond acceptors (Lipinski definition) is 5. The average Bonchev–Trinajstić information content (AvgIpc) is 2.31. The summed E-state index contributed by atoms with van der Waals surface area (Å²) in [5, 5.41) is 9.52. The molecule has 0 aliphatic rings. The first-order valence-electron chi connectivity index (χ1n) is 4.77. The molecule has 2 atom stereocenters. The van der Waals surface area contributed by atoms with Crippen LogP contribution >= 0.6 is 0 Å². The summed E-state index contributed by atoms with van der Waals surface area (Å²) >= 11 is 0. The Kier molecular flexibility index (Phi) is 6.87. The van der Waals surface area contributed by atoms with E-state index in [1.807, 2.05) is 0 Å². The smallest absolute Gasteiger partial charge is 0.330 e. The third-order valence-electron chi connectivity index (χ3n) is 1.88. The Morgan fingerprint density at radius 2 is 1.62 bits per heavy atom. The van der Waals surface area contributed by atoms with Gasteiger partial charge in [0.2, 0.25) is 0 Å². The van der Waals surface area contributed by atoms with Crippen molar-refractivity contribution < 1.29 is 24.2 Å². The average molecular weight is 228 g/mol. The summed E-state index contributed by atoms with van der Waals surface area (Å²) in [4.78, 5) is 21.4. The van der Waals surface area contributed by atoms with E-state index in [-0.39, 0.29) is 19.1 Å². The van der Waals surface area contributed by atoms with Crippen molar-refractivity contribution in [3.05, 3.63) is 25.3 Å². The first kappa shape index (κ1) is 14.4. The lowest BCUT2D eigenvalue weighted by Crippen LogP contribution is -2.28. The molecule has 90 valence electrons. The van der Waals surface area contributed by atoms with Crippen molar-refractivity contribution in [2.24, 2.45) is 5.92 Å². The van der Waals surface area contributed by atoms with Gasteiger partial charge in [-0.05, 0) is 0 Å². The van der Waals surface area contributed by atoms with E-state index in [1.165, 1.54) is 0 Å². The monoisotopic (exact) mass is 228 g/mol. The number of rotatable bonds is 7. The molecule has 0 aliphatic heterocycles. The molecule has 16 heavy (non-hydrogen) atoms. The van der Waals surface area contributed by atoms with Gasteiger partial charge in [0.25, 0.3) is 0 Å². The Bertz CT molecular complexity index is 244. The van der Waals surface area contributed by atoms with Crippen LogP contribution in [0.1, 0.15) is 6.92 Å². The minimum Gasteiger partial charge on any atom is -0.462 e. The summed E-state index contributed by atoms with van der Waals surface area (Å²) in [5.41, 5.74) is 0. The minimum atomic E-state index is -0.887. The molecular weight excluding hydrogens is 212 g/mol. The van der Waals surface area contributed by atoms with Crippen LogP contribution in [0.4, 0.5) is 0 Å². The molecule has 5 nitrogen and oxygen atoms in total. The summed E-state index contributed by atoms with van der Waals surface area (Å²) in [6, 6.07) is 0. The Hall–Kier alpha value is -1.62. The molecule has 0 spiro atoms. The topological polar surface area (TPSA) is 72.8 Å². The number of aliphatic hydroxyl groups is 1. The van der Waals surface area contributed by atoms with Crippen molar-refractivity contribution in [2.75, 3.05) is 13.2 Å². The lowest BCUT2D eigenvalue weighted by molar-refractivity contribution is -0.145. The van der Waals surface area contributed by atoms with Gasteiger partial charge in [-0.25, -0.2) is 9.59 Å². The normalized spacial score (nSPS) is 13.4. The second-order valence-corrected chi connectivity index (χ2v) is 3.21. The van der Waals surface area contributed by atoms with Crippen molar-refractivity contribution in [1.82, 2.24) is 0 Å². The Morgan fingerprint density at radius 3 is 2.06 bits per heavy atom.